The summed E-state index contributed by atoms with van der Waals surface area (Å²) in [6.45, 7) is 2.07. The Kier molecular flexibility index (Phi) is 3.07. The van der Waals surface area contributed by atoms with Crippen LogP contribution in [0.2, 0.25) is 5.02 Å². The van der Waals surface area contributed by atoms with Crippen LogP contribution in [0.25, 0.3) is 5.57 Å². The van der Waals surface area contributed by atoms with Crippen LogP contribution in [-0.4, -0.2) is 4.92 Å². The Hall–Kier alpha value is -2.13. The van der Waals surface area contributed by atoms with Crippen LogP contribution >= 0.6 is 11.6 Å². The number of non-ortho nitro benzene ring substituents is 1. The van der Waals surface area contributed by atoms with Crippen molar-refractivity contribution in [1.29, 1.82) is 0 Å². The number of benzene rings is 2. The molecule has 2 aromatic rings. The van der Waals surface area contributed by atoms with Gasteiger partial charge in [-0.2, -0.15) is 0 Å². The molecule has 0 bridgehead atoms. The van der Waals surface area contributed by atoms with Crippen LogP contribution in [0.1, 0.15) is 23.6 Å². The quantitative estimate of drug-likeness (QED) is 0.596. The van der Waals surface area contributed by atoms with E-state index in [9.17, 15) is 10.1 Å². The van der Waals surface area contributed by atoms with E-state index in [-0.39, 0.29) is 10.6 Å². The molecule has 0 saturated carbocycles. The highest BCUT2D eigenvalue weighted by Gasteiger charge is 2.22. The van der Waals surface area contributed by atoms with Crippen LogP contribution in [0.4, 0.5) is 5.69 Å². The summed E-state index contributed by atoms with van der Waals surface area (Å²) in [5.41, 5.74) is 5.58. The maximum Gasteiger partial charge on any atom is 0.270 e. The predicted octanol–water partition coefficient (Wildman–Crippen LogP) is 4.63. The van der Waals surface area contributed by atoms with Gasteiger partial charge in [-0.25, -0.2) is 0 Å². The average molecular weight is 286 g/mol. The van der Waals surface area contributed by atoms with E-state index in [1.807, 2.05) is 30.3 Å². The Morgan fingerprint density at radius 3 is 2.50 bits per heavy atom. The van der Waals surface area contributed by atoms with Crippen LogP contribution in [0, 0.1) is 10.1 Å². The number of nitro benzene ring substituents is 1. The first kappa shape index (κ1) is 12.9. The number of nitrogens with zero attached hydrogens (tertiary/aromatic N) is 1. The maximum absolute atomic E-state index is 10.9. The Balaban J connectivity index is 2.14. The molecule has 4 heteroatoms. The van der Waals surface area contributed by atoms with Crippen molar-refractivity contribution < 1.29 is 4.92 Å². The van der Waals surface area contributed by atoms with Gasteiger partial charge in [-0.3, -0.25) is 10.1 Å². The number of allylic oxidation sites excluding steroid dienone is 1. The van der Waals surface area contributed by atoms with Gasteiger partial charge in [0.2, 0.25) is 0 Å². The van der Waals surface area contributed by atoms with Gasteiger partial charge in [0.25, 0.3) is 5.69 Å². The molecule has 0 radical (unpaired) electrons. The molecular formula is C16H12ClNO2. The van der Waals surface area contributed by atoms with E-state index in [4.69, 9.17) is 11.6 Å². The van der Waals surface area contributed by atoms with E-state index in [0.29, 0.717) is 5.02 Å². The summed E-state index contributed by atoms with van der Waals surface area (Å²) < 4.78 is 0. The van der Waals surface area contributed by atoms with Crippen molar-refractivity contribution in [3.63, 3.8) is 0 Å². The predicted molar refractivity (Wildman–Crippen MR) is 79.9 cm³/mol. The molecule has 20 heavy (non-hydrogen) atoms. The molecule has 100 valence electrons. The van der Waals surface area contributed by atoms with Gasteiger partial charge in [0.15, 0.2) is 0 Å². The molecule has 0 fully saturated rings. The second kappa shape index (κ2) is 4.76. The van der Waals surface area contributed by atoms with Crippen molar-refractivity contribution >= 4 is 22.9 Å². The van der Waals surface area contributed by atoms with Crippen LogP contribution < -0.4 is 0 Å². The zero-order chi connectivity index (χ0) is 14.3. The van der Waals surface area contributed by atoms with Crippen molar-refractivity contribution in [1.82, 2.24) is 0 Å². The lowest BCUT2D eigenvalue weighted by Gasteiger charge is -2.07. The molecule has 3 nitrogen and oxygen atoms in total. The Morgan fingerprint density at radius 2 is 1.85 bits per heavy atom. The summed E-state index contributed by atoms with van der Waals surface area (Å²) in [6.07, 6.45) is 0.839. The van der Waals surface area contributed by atoms with Gasteiger partial charge >= 0.3 is 0 Å². The molecule has 2 aromatic carbocycles. The summed E-state index contributed by atoms with van der Waals surface area (Å²) in [7, 11) is 0. The van der Waals surface area contributed by atoms with E-state index < -0.39 is 0 Å². The molecule has 3 rings (SSSR count). The summed E-state index contributed by atoms with van der Waals surface area (Å²) in [5.74, 6) is 0. The first-order valence-electron chi connectivity index (χ1n) is 6.29. The second-order valence-electron chi connectivity index (χ2n) is 4.94. The molecular weight excluding hydrogens is 274 g/mol. The lowest BCUT2D eigenvalue weighted by Crippen LogP contribution is -1.92. The zero-order valence-corrected chi connectivity index (χ0v) is 11.6. The summed E-state index contributed by atoms with van der Waals surface area (Å²) in [5, 5.41) is 11.6. The van der Waals surface area contributed by atoms with Gasteiger partial charge in [-0.15, -0.1) is 0 Å². The Bertz CT molecular complexity index is 733. The molecule has 0 spiro atoms. The fraction of sp³-hybridized carbons (Fsp3) is 0.125. The van der Waals surface area contributed by atoms with Gasteiger partial charge in [-0.05, 0) is 47.7 Å². The number of rotatable bonds is 2. The molecule has 0 aliphatic heterocycles. The van der Waals surface area contributed by atoms with E-state index >= 15 is 0 Å². The normalized spacial score (nSPS) is 13.5. The first-order chi connectivity index (χ1) is 9.56. The summed E-state index contributed by atoms with van der Waals surface area (Å²) in [4.78, 5) is 10.6. The average Bonchev–Trinajstić information content (AvgIpc) is 2.75. The molecule has 0 saturated heterocycles. The molecule has 0 heterocycles. The number of hydrogen-bond acceptors (Lipinski definition) is 2. The topological polar surface area (TPSA) is 43.1 Å². The van der Waals surface area contributed by atoms with Crippen molar-refractivity contribution in [2.45, 2.75) is 13.3 Å². The third kappa shape index (κ3) is 2.10. The van der Waals surface area contributed by atoms with E-state index in [1.54, 1.807) is 12.1 Å². The number of nitro groups is 1. The summed E-state index contributed by atoms with van der Waals surface area (Å²) in [6, 6.07) is 12.7. The summed E-state index contributed by atoms with van der Waals surface area (Å²) >= 11 is 5.92. The fourth-order valence-electron chi connectivity index (χ4n) is 2.69. The third-order valence-electron chi connectivity index (χ3n) is 3.59. The Morgan fingerprint density at radius 1 is 1.15 bits per heavy atom. The Labute approximate surface area is 121 Å². The lowest BCUT2D eigenvalue weighted by atomic mass is 9.97. The highest BCUT2D eigenvalue weighted by atomic mass is 35.5. The van der Waals surface area contributed by atoms with Gasteiger partial charge in [0.05, 0.1) is 4.92 Å². The van der Waals surface area contributed by atoms with Gasteiger partial charge in [0.1, 0.15) is 0 Å². The maximum atomic E-state index is 10.9. The minimum Gasteiger partial charge on any atom is -0.258 e. The van der Waals surface area contributed by atoms with Crippen LogP contribution in [0.3, 0.4) is 0 Å². The first-order valence-corrected chi connectivity index (χ1v) is 6.67. The SMILES string of the molecule is CC1=C(c2ccc(Cl)cc2)c2cc([N+](=O)[O-])ccc2C1. The van der Waals surface area contributed by atoms with E-state index in [2.05, 4.69) is 6.92 Å². The van der Waals surface area contributed by atoms with Gasteiger partial charge in [-0.1, -0.05) is 35.4 Å². The molecule has 0 unspecified atom stereocenters. The fourth-order valence-corrected chi connectivity index (χ4v) is 2.81. The van der Waals surface area contributed by atoms with E-state index in [0.717, 1.165) is 28.7 Å². The minimum absolute atomic E-state index is 0.130. The second-order valence-corrected chi connectivity index (χ2v) is 5.37. The highest BCUT2D eigenvalue weighted by Crippen LogP contribution is 2.39. The number of fused-ring (bicyclic) bond motifs is 1. The molecule has 1 aliphatic rings. The van der Waals surface area contributed by atoms with Crippen molar-refractivity contribution in [3.8, 4) is 0 Å². The lowest BCUT2D eigenvalue weighted by molar-refractivity contribution is -0.384. The minimum atomic E-state index is -0.354. The third-order valence-corrected chi connectivity index (χ3v) is 3.84. The standard InChI is InChI=1S/C16H12ClNO2/c1-10-8-12-4-7-14(18(19)20)9-15(12)16(10)11-2-5-13(17)6-3-11/h2-7,9H,8H2,1H3. The molecule has 0 amide bonds. The van der Waals surface area contributed by atoms with Crippen LogP contribution in [0.5, 0.6) is 0 Å². The monoisotopic (exact) mass is 285 g/mol. The number of hydrogen-bond donors (Lipinski definition) is 0. The van der Waals surface area contributed by atoms with Crippen molar-refractivity contribution in [3.05, 3.63) is 79.9 Å². The van der Waals surface area contributed by atoms with Crippen molar-refractivity contribution in [2.24, 2.45) is 0 Å². The molecule has 0 aromatic heterocycles. The molecule has 0 atom stereocenters. The van der Waals surface area contributed by atoms with Gasteiger partial charge < -0.3 is 0 Å². The largest absolute Gasteiger partial charge is 0.270 e. The smallest absolute Gasteiger partial charge is 0.258 e. The highest BCUT2D eigenvalue weighted by molar-refractivity contribution is 6.30. The van der Waals surface area contributed by atoms with E-state index in [1.165, 1.54) is 5.57 Å². The van der Waals surface area contributed by atoms with Crippen molar-refractivity contribution in [2.75, 3.05) is 0 Å². The molecule has 1 aliphatic carbocycles. The number of halogens is 1. The van der Waals surface area contributed by atoms with Crippen LogP contribution in [0.15, 0.2) is 48.0 Å². The van der Waals surface area contributed by atoms with Crippen LogP contribution in [-0.2, 0) is 6.42 Å². The van der Waals surface area contributed by atoms with Gasteiger partial charge in [0, 0.05) is 17.2 Å². The molecule has 0 N–H and O–H groups in total. The zero-order valence-electron chi connectivity index (χ0n) is 10.9.